The molecule has 0 fully saturated rings. The van der Waals surface area contributed by atoms with Crippen molar-refractivity contribution in [3.63, 3.8) is 0 Å². The molecule has 0 amide bonds. The van der Waals surface area contributed by atoms with Crippen LogP contribution < -0.4 is 14.8 Å². The van der Waals surface area contributed by atoms with Crippen LogP contribution in [-0.4, -0.2) is 28.6 Å². The summed E-state index contributed by atoms with van der Waals surface area (Å²) in [6, 6.07) is 9.82. The van der Waals surface area contributed by atoms with Gasteiger partial charge in [-0.3, -0.25) is 0 Å². The first kappa shape index (κ1) is 17.2. The van der Waals surface area contributed by atoms with E-state index in [0.717, 1.165) is 26.7 Å². The molecule has 2 aromatic heterocycles. The fourth-order valence-electron chi connectivity index (χ4n) is 2.57. The molecule has 8 heteroatoms. The molecule has 0 aliphatic rings. The van der Waals surface area contributed by atoms with E-state index in [1.54, 1.807) is 14.2 Å². The second kappa shape index (κ2) is 7.08. The summed E-state index contributed by atoms with van der Waals surface area (Å²) in [4.78, 5) is 8.68. The van der Waals surface area contributed by atoms with Crippen molar-refractivity contribution in [2.45, 2.75) is 0 Å². The number of halogens is 1. The predicted molar refractivity (Wildman–Crippen MR) is 103 cm³/mol. The molecule has 0 unspecified atom stereocenters. The van der Waals surface area contributed by atoms with Crippen molar-refractivity contribution in [1.82, 2.24) is 14.3 Å². The monoisotopic (exact) mass is 374 g/mol. The van der Waals surface area contributed by atoms with E-state index < -0.39 is 0 Å². The zero-order chi connectivity index (χ0) is 16.5. The Kier molecular flexibility index (Phi) is 4.87. The maximum absolute atomic E-state index is 5.38. The van der Waals surface area contributed by atoms with E-state index in [4.69, 9.17) is 9.47 Å². The lowest BCUT2D eigenvalue weighted by molar-refractivity contribution is 0.356. The fraction of sp³-hybridized carbons (Fsp3) is 0.118. The molecule has 2 heterocycles. The van der Waals surface area contributed by atoms with Crippen molar-refractivity contribution in [2.75, 3.05) is 19.5 Å². The third-order valence-corrected chi connectivity index (χ3v) is 4.54. The highest BCUT2D eigenvalue weighted by atomic mass is 35.5. The number of benzene rings is 2. The first-order chi connectivity index (χ1) is 11.8. The molecule has 0 bridgehead atoms. The van der Waals surface area contributed by atoms with Gasteiger partial charge in [0.1, 0.15) is 12.1 Å². The summed E-state index contributed by atoms with van der Waals surface area (Å²) in [6.45, 7) is 0. The van der Waals surface area contributed by atoms with Crippen LogP contribution in [0.15, 0.2) is 42.9 Å². The molecule has 0 atom stereocenters. The van der Waals surface area contributed by atoms with Crippen molar-refractivity contribution in [2.24, 2.45) is 0 Å². The summed E-state index contributed by atoms with van der Waals surface area (Å²) in [5, 5.41) is 5.31. The summed E-state index contributed by atoms with van der Waals surface area (Å²) in [5.74, 6) is 1.99. The number of nitrogens with one attached hydrogen (secondary N) is 1. The van der Waals surface area contributed by atoms with Crippen molar-refractivity contribution >= 4 is 56.4 Å². The molecule has 6 nitrogen and oxygen atoms in total. The smallest absolute Gasteiger partial charge is 0.162 e. The highest BCUT2D eigenvalue weighted by molar-refractivity contribution is 7.13. The third-order valence-electron chi connectivity index (χ3n) is 3.76. The summed E-state index contributed by atoms with van der Waals surface area (Å²) in [5.41, 5.74) is 1.72. The molecular weight excluding hydrogens is 360 g/mol. The molecule has 0 aliphatic heterocycles. The molecule has 0 saturated heterocycles. The Labute approximate surface area is 154 Å². The molecule has 2 aromatic carbocycles. The van der Waals surface area contributed by atoms with Gasteiger partial charge < -0.3 is 14.8 Å². The first-order valence-corrected chi connectivity index (χ1v) is 8.04. The van der Waals surface area contributed by atoms with Gasteiger partial charge in [0.25, 0.3) is 0 Å². The number of aromatic nitrogens is 3. The van der Waals surface area contributed by atoms with E-state index in [9.17, 15) is 0 Å². The van der Waals surface area contributed by atoms with Crippen LogP contribution >= 0.6 is 23.9 Å². The Balaban J connectivity index is 0.00000182. The van der Waals surface area contributed by atoms with E-state index in [1.807, 2.05) is 36.5 Å². The maximum Gasteiger partial charge on any atom is 0.162 e. The van der Waals surface area contributed by atoms with Gasteiger partial charge in [0.15, 0.2) is 11.5 Å². The number of hydrogen-bond donors (Lipinski definition) is 1. The average Bonchev–Trinajstić information content (AvgIpc) is 3.08. The number of rotatable bonds is 4. The molecule has 4 rings (SSSR count). The van der Waals surface area contributed by atoms with Crippen LogP contribution in [0.2, 0.25) is 0 Å². The van der Waals surface area contributed by atoms with Crippen LogP contribution in [0, 0.1) is 0 Å². The van der Waals surface area contributed by atoms with Gasteiger partial charge in [-0.05, 0) is 35.8 Å². The number of methoxy groups -OCH3 is 2. The summed E-state index contributed by atoms with van der Waals surface area (Å²) >= 11 is 1.48. The summed E-state index contributed by atoms with van der Waals surface area (Å²) in [6.07, 6.45) is 3.39. The largest absolute Gasteiger partial charge is 0.493 e. The van der Waals surface area contributed by atoms with E-state index in [2.05, 4.69) is 19.7 Å². The van der Waals surface area contributed by atoms with Crippen molar-refractivity contribution in [3.05, 3.63) is 42.9 Å². The highest BCUT2D eigenvalue weighted by Crippen LogP contribution is 2.34. The van der Waals surface area contributed by atoms with Gasteiger partial charge in [-0.1, -0.05) is 0 Å². The number of ether oxygens (including phenoxy) is 2. The van der Waals surface area contributed by atoms with Gasteiger partial charge in [0.2, 0.25) is 0 Å². The fourth-order valence-corrected chi connectivity index (χ4v) is 3.20. The molecule has 1 N–H and O–H groups in total. The van der Waals surface area contributed by atoms with Crippen molar-refractivity contribution < 1.29 is 9.47 Å². The lowest BCUT2D eigenvalue weighted by Crippen LogP contribution is -1.97. The molecular formula is C17H15ClN4O2S. The zero-order valence-corrected chi connectivity index (χ0v) is 15.1. The molecule has 0 saturated carbocycles. The third kappa shape index (κ3) is 3.16. The van der Waals surface area contributed by atoms with Gasteiger partial charge in [0.05, 0.1) is 24.4 Å². The second-order valence-corrected chi connectivity index (χ2v) is 5.98. The minimum atomic E-state index is 0. The Bertz CT molecular complexity index is 1040. The van der Waals surface area contributed by atoms with Crippen LogP contribution in [0.25, 0.3) is 21.0 Å². The van der Waals surface area contributed by atoms with Crippen LogP contribution in [0.3, 0.4) is 0 Å². The number of hydrogen-bond acceptors (Lipinski definition) is 7. The molecule has 0 radical (unpaired) electrons. The number of fused-ring (bicyclic) bond motifs is 2. The quantitative estimate of drug-likeness (QED) is 0.570. The Morgan fingerprint density at radius 1 is 1.00 bits per heavy atom. The van der Waals surface area contributed by atoms with Crippen molar-refractivity contribution in [1.29, 1.82) is 0 Å². The second-order valence-electron chi connectivity index (χ2n) is 5.15. The van der Waals surface area contributed by atoms with Gasteiger partial charge in [-0.25, -0.2) is 9.97 Å². The van der Waals surface area contributed by atoms with Crippen LogP contribution in [-0.2, 0) is 0 Å². The number of nitrogens with zero attached hydrogens (tertiary/aromatic N) is 3. The van der Waals surface area contributed by atoms with Gasteiger partial charge in [-0.15, -0.1) is 12.4 Å². The maximum atomic E-state index is 5.38. The molecule has 0 aliphatic carbocycles. The van der Waals surface area contributed by atoms with Gasteiger partial charge in [0, 0.05) is 28.7 Å². The number of anilines is 2. The minimum Gasteiger partial charge on any atom is -0.493 e. The van der Waals surface area contributed by atoms with E-state index >= 15 is 0 Å². The standard InChI is InChI=1S/C17H14N4O2S.ClH/c1-22-14-6-12-13(7-15(14)23-2)18-9-19-17(12)21-11-3-4-16-10(5-11)8-20-24-16;/h3-9H,1-2H3,(H,18,19,21);1H. The van der Waals surface area contributed by atoms with Crippen molar-refractivity contribution in [3.8, 4) is 11.5 Å². The Hall–Kier alpha value is -2.64. The highest BCUT2D eigenvalue weighted by Gasteiger charge is 2.11. The summed E-state index contributed by atoms with van der Waals surface area (Å²) < 4.78 is 16.1. The minimum absolute atomic E-state index is 0. The predicted octanol–water partition coefficient (Wildman–Crippen LogP) is 4.42. The molecule has 25 heavy (non-hydrogen) atoms. The first-order valence-electron chi connectivity index (χ1n) is 7.26. The van der Waals surface area contributed by atoms with E-state index in [0.29, 0.717) is 17.3 Å². The average molecular weight is 375 g/mol. The Morgan fingerprint density at radius 2 is 1.80 bits per heavy atom. The molecule has 4 aromatic rings. The molecule has 128 valence electrons. The van der Waals surface area contributed by atoms with Gasteiger partial charge >= 0.3 is 0 Å². The van der Waals surface area contributed by atoms with Crippen LogP contribution in [0.1, 0.15) is 0 Å². The normalized spacial score (nSPS) is 10.5. The van der Waals surface area contributed by atoms with Crippen LogP contribution in [0.5, 0.6) is 11.5 Å². The molecule has 0 spiro atoms. The van der Waals surface area contributed by atoms with Gasteiger partial charge in [-0.2, -0.15) is 4.37 Å². The van der Waals surface area contributed by atoms with Crippen LogP contribution in [0.4, 0.5) is 11.5 Å². The topological polar surface area (TPSA) is 69.2 Å². The lowest BCUT2D eigenvalue weighted by Gasteiger charge is -2.12. The summed E-state index contributed by atoms with van der Waals surface area (Å²) in [7, 11) is 3.21. The SMILES string of the molecule is COc1cc2ncnc(Nc3ccc4sncc4c3)c2cc1OC.Cl. The van der Waals surface area contributed by atoms with E-state index in [-0.39, 0.29) is 12.4 Å². The Morgan fingerprint density at radius 3 is 2.60 bits per heavy atom. The zero-order valence-electron chi connectivity index (χ0n) is 13.5. The van der Waals surface area contributed by atoms with E-state index in [1.165, 1.54) is 17.9 Å². The lowest BCUT2D eigenvalue weighted by atomic mass is 10.2.